The van der Waals surface area contributed by atoms with Gasteiger partial charge >= 0.3 is 6.18 Å². The average Bonchev–Trinajstić information content (AvgIpc) is 2.59. The Morgan fingerprint density at radius 2 is 1.78 bits per heavy atom. The summed E-state index contributed by atoms with van der Waals surface area (Å²) in [7, 11) is -4.51. The highest BCUT2D eigenvalue weighted by atomic mass is 35.5. The first-order chi connectivity index (χ1) is 12.5. The molecule has 0 saturated carbocycles. The second-order valence-corrected chi connectivity index (χ2v) is 8.35. The summed E-state index contributed by atoms with van der Waals surface area (Å²) in [6.07, 6.45) is -4.71. The van der Waals surface area contributed by atoms with E-state index in [4.69, 9.17) is 17.3 Å². The van der Waals surface area contributed by atoms with E-state index in [-0.39, 0.29) is 18.0 Å². The summed E-state index contributed by atoms with van der Waals surface area (Å²) in [5.74, 6) is -0.892. The third-order valence-corrected chi connectivity index (χ3v) is 6.72. The molecule has 0 aromatic heterocycles. The maximum atomic E-state index is 13.1. The first-order valence-corrected chi connectivity index (χ1v) is 9.58. The maximum Gasteiger partial charge on any atom is 0.416 e. The molecule has 0 saturated heterocycles. The van der Waals surface area contributed by atoms with Crippen molar-refractivity contribution in [2.24, 2.45) is 5.73 Å². The molecule has 0 aliphatic carbocycles. The fourth-order valence-electron chi connectivity index (χ4n) is 3.00. The van der Waals surface area contributed by atoms with Crippen molar-refractivity contribution < 1.29 is 26.4 Å². The number of hydrogen-bond acceptors (Lipinski definition) is 3. The van der Waals surface area contributed by atoms with E-state index in [0.717, 1.165) is 15.9 Å². The molecule has 3 rings (SSSR count). The number of sulfonamides is 1. The van der Waals surface area contributed by atoms with E-state index in [1.54, 1.807) is 24.3 Å². The third kappa shape index (κ3) is 3.67. The minimum Gasteiger partial charge on any atom is -0.368 e. The van der Waals surface area contributed by atoms with Crippen LogP contribution in [0, 0.1) is 0 Å². The summed E-state index contributed by atoms with van der Waals surface area (Å²) in [4.78, 5) is 11.1. The normalized spacial score (nSPS) is 18.1. The fourth-order valence-corrected chi connectivity index (χ4v) is 5.07. The largest absolute Gasteiger partial charge is 0.416 e. The quantitative estimate of drug-likeness (QED) is 0.832. The van der Waals surface area contributed by atoms with E-state index in [9.17, 15) is 26.4 Å². The van der Waals surface area contributed by atoms with E-state index in [1.807, 2.05) is 0 Å². The lowest BCUT2D eigenvalue weighted by Gasteiger charge is -2.34. The molecule has 10 heteroatoms. The molecule has 2 aromatic carbocycles. The summed E-state index contributed by atoms with van der Waals surface area (Å²) in [6, 6.07) is 7.67. The van der Waals surface area contributed by atoms with Gasteiger partial charge in [-0.2, -0.15) is 17.5 Å². The van der Waals surface area contributed by atoms with Crippen LogP contribution in [0.4, 0.5) is 13.2 Å². The minimum absolute atomic E-state index is 0.0291. The molecule has 5 nitrogen and oxygen atoms in total. The van der Waals surface area contributed by atoms with Gasteiger partial charge in [-0.25, -0.2) is 8.42 Å². The summed E-state index contributed by atoms with van der Waals surface area (Å²) < 4.78 is 66.0. The number of alkyl halides is 3. The van der Waals surface area contributed by atoms with Gasteiger partial charge in [0.15, 0.2) is 0 Å². The van der Waals surface area contributed by atoms with E-state index >= 15 is 0 Å². The highest BCUT2D eigenvalue weighted by molar-refractivity contribution is 7.89. The van der Waals surface area contributed by atoms with Gasteiger partial charge in [0.25, 0.3) is 0 Å². The molecule has 0 unspecified atom stereocenters. The average molecular weight is 419 g/mol. The van der Waals surface area contributed by atoms with Crippen molar-refractivity contribution in [2.75, 3.05) is 0 Å². The number of halogens is 4. The third-order valence-electron chi connectivity index (χ3n) is 4.38. The Morgan fingerprint density at radius 1 is 1.15 bits per heavy atom. The van der Waals surface area contributed by atoms with Crippen molar-refractivity contribution in [2.45, 2.75) is 30.1 Å². The molecule has 144 valence electrons. The van der Waals surface area contributed by atoms with Crippen molar-refractivity contribution in [3.05, 3.63) is 64.2 Å². The predicted molar refractivity (Wildman–Crippen MR) is 92.3 cm³/mol. The minimum atomic E-state index is -4.74. The molecule has 0 spiro atoms. The molecule has 1 atom stereocenters. The Morgan fingerprint density at radius 3 is 2.37 bits per heavy atom. The van der Waals surface area contributed by atoms with Crippen molar-refractivity contribution in [3.8, 4) is 0 Å². The van der Waals surface area contributed by atoms with Gasteiger partial charge in [0.1, 0.15) is 10.9 Å². The van der Waals surface area contributed by atoms with E-state index in [0.29, 0.717) is 17.7 Å². The van der Waals surface area contributed by atoms with Crippen LogP contribution in [0.5, 0.6) is 0 Å². The van der Waals surface area contributed by atoms with Crippen LogP contribution in [0.3, 0.4) is 0 Å². The Kier molecular flexibility index (Phi) is 4.96. The van der Waals surface area contributed by atoms with Crippen LogP contribution in [0.1, 0.15) is 16.7 Å². The Hall–Kier alpha value is -2.10. The molecule has 1 heterocycles. The molecule has 1 aliphatic rings. The van der Waals surface area contributed by atoms with Gasteiger partial charge in [-0.05, 0) is 35.7 Å². The molecule has 0 bridgehead atoms. The number of nitrogens with zero attached hydrogens (tertiary/aromatic N) is 1. The second-order valence-electron chi connectivity index (χ2n) is 6.08. The van der Waals surface area contributed by atoms with Crippen molar-refractivity contribution in [1.82, 2.24) is 4.31 Å². The summed E-state index contributed by atoms with van der Waals surface area (Å²) in [6.45, 7) is -0.196. The molecule has 1 amide bonds. The topological polar surface area (TPSA) is 80.5 Å². The molecule has 2 N–H and O–H groups in total. The van der Waals surface area contributed by atoms with Gasteiger partial charge < -0.3 is 5.73 Å². The van der Waals surface area contributed by atoms with Gasteiger partial charge in [0.05, 0.1) is 10.6 Å². The summed E-state index contributed by atoms with van der Waals surface area (Å²) >= 11 is 5.89. The van der Waals surface area contributed by atoms with E-state index in [1.165, 1.54) is 0 Å². The highest BCUT2D eigenvalue weighted by Crippen LogP contribution is 2.36. The molecular weight excluding hydrogens is 405 g/mol. The Bertz CT molecular complexity index is 1010. The van der Waals surface area contributed by atoms with Crippen LogP contribution in [0.2, 0.25) is 5.02 Å². The lowest BCUT2D eigenvalue weighted by Crippen LogP contribution is -2.51. The van der Waals surface area contributed by atoms with Crippen molar-refractivity contribution >= 4 is 27.5 Å². The lowest BCUT2D eigenvalue weighted by atomic mass is 9.96. The van der Waals surface area contributed by atoms with Crippen LogP contribution in [0.15, 0.2) is 47.4 Å². The first kappa shape index (κ1) is 19.7. The second kappa shape index (κ2) is 6.81. The van der Waals surface area contributed by atoms with Crippen molar-refractivity contribution in [3.63, 3.8) is 0 Å². The molecule has 2 aromatic rings. The van der Waals surface area contributed by atoms with Crippen LogP contribution in [-0.2, 0) is 34.0 Å². The number of nitrogens with two attached hydrogens (primary N) is 1. The number of rotatable bonds is 3. The first-order valence-electron chi connectivity index (χ1n) is 7.76. The molecular formula is C17H14ClF3N2O3S. The van der Waals surface area contributed by atoms with Crippen LogP contribution in [0.25, 0.3) is 0 Å². The van der Waals surface area contributed by atoms with Crippen molar-refractivity contribution in [1.29, 1.82) is 0 Å². The molecule has 27 heavy (non-hydrogen) atoms. The van der Waals surface area contributed by atoms with Crippen LogP contribution >= 0.6 is 11.6 Å². The predicted octanol–water partition coefficient (Wildman–Crippen LogP) is 2.96. The number of fused-ring (bicyclic) bond motifs is 1. The number of hydrogen-bond donors (Lipinski definition) is 1. The molecule has 0 fully saturated rings. The van der Waals surface area contributed by atoms with Gasteiger partial charge in [0, 0.05) is 6.54 Å². The zero-order chi connectivity index (χ0) is 20.0. The standard InChI is InChI=1S/C17H14ClF3N2O3S/c18-13-6-5-12(17(19,20)21)8-15(13)27(25,26)23-9-11-4-2-1-3-10(11)7-14(23)16(22)24/h1-6,8,14H,7,9H2,(H2,22,24)/t14-/m0/s1. The Labute approximate surface area is 158 Å². The number of carbonyl (C=O) groups excluding carboxylic acids is 1. The summed E-state index contributed by atoms with van der Waals surface area (Å²) in [5.41, 5.74) is 5.61. The summed E-state index contributed by atoms with van der Waals surface area (Å²) in [5, 5.41) is -0.370. The SMILES string of the molecule is NC(=O)[C@@H]1Cc2ccccc2CN1S(=O)(=O)c1cc(C(F)(F)F)ccc1Cl. The highest BCUT2D eigenvalue weighted by Gasteiger charge is 2.40. The molecule has 0 radical (unpaired) electrons. The van der Waals surface area contributed by atoms with E-state index in [2.05, 4.69) is 0 Å². The van der Waals surface area contributed by atoms with Crippen LogP contribution in [-0.4, -0.2) is 24.7 Å². The van der Waals surface area contributed by atoms with E-state index < -0.39 is 38.6 Å². The van der Waals surface area contributed by atoms with Crippen LogP contribution < -0.4 is 5.73 Å². The van der Waals surface area contributed by atoms with Gasteiger partial charge in [0.2, 0.25) is 15.9 Å². The van der Waals surface area contributed by atoms with Gasteiger partial charge in [-0.1, -0.05) is 35.9 Å². The zero-order valence-electron chi connectivity index (χ0n) is 13.7. The Balaban J connectivity index is 2.12. The number of benzene rings is 2. The molecule has 1 aliphatic heterocycles. The lowest BCUT2D eigenvalue weighted by molar-refractivity contribution is -0.137. The zero-order valence-corrected chi connectivity index (χ0v) is 15.3. The number of carbonyl (C=O) groups is 1. The monoisotopic (exact) mass is 418 g/mol. The van der Waals surface area contributed by atoms with Gasteiger partial charge in [-0.3, -0.25) is 4.79 Å². The number of amides is 1. The maximum absolute atomic E-state index is 13.1. The van der Waals surface area contributed by atoms with Gasteiger partial charge in [-0.15, -0.1) is 0 Å². The fraction of sp³-hybridized carbons (Fsp3) is 0.235. The smallest absolute Gasteiger partial charge is 0.368 e. The number of primary amides is 1.